The van der Waals surface area contributed by atoms with Crippen LogP contribution in [0.2, 0.25) is 0 Å². The number of carbonyl (C=O) groups is 1. The monoisotopic (exact) mass is 242 g/mol. The molecular weight excluding hydrogens is 228 g/mol. The highest BCUT2D eigenvalue weighted by Gasteiger charge is 2.19. The van der Waals surface area contributed by atoms with E-state index in [9.17, 15) is 15.0 Å². The maximum Gasteiger partial charge on any atom is 0.150 e. The molecule has 0 aromatic heterocycles. The van der Waals surface area contributed by atoms with Gasteiger partial charge in [-0.2, -0.15) is 0 Å². The van der Waals surface area contributed by atoms with Crippen LogP contribution in [0, 0.1) is 6.92 Å². The predicted octanol–water partition coefficient (Wildman–Crippen LogP) is 1.83. The first kappa shape index (κ1) is 13.2. The van der Waals surface area contributed by atoms with Crippen molar-refractivity contribution < 1.29 is 15.0 Å². The second kappa shape index (κ2) is 5.99. The zero-order valence-electron chi connectivity index (χ0n) is 9.06. The molecule has 3 nitrogen and oxygen atoms in total. The standard InChI is InChI=1S/C12H15ClO3/c1-8-2-3-9(7-14)6-10(8)12(16)11(15)4-5-13/h2-3,6-7,11-12,15-16H,4-5H2,1H3. The Hall–Kier alpha value is -0.900. The first-order valence-corrected chi connectivity index (χ1v) is 5.61. The molecule has 0 aliphatic heterocycles. The molecule has 0 aliphatic carbocycles. The summed E-state index contributed by atoms with van der Waals surface area (Å²) in [6, 6.07) is 5.01. The number of aliphatic hydroxyl groups is 2. The molecule has 0 saturated heterocycles. The van der Waals surface area contributed by atoms with Crippen molar-refractivity contribution in [2.75, 3.05) is 5.88 Å². The Labute approximate surface area is 99.7 Å². The van der Waals surface area contributed by atoms with Gasteiger partial charge in [0, 0.05) is 11.4 Å². The Morgan fingerprint density at radius 2 is 2.12 bits per heavy atom. The number of hydrogen-bond acceptors (Lipinski definition) is 3. The number of rotatable bonds is 5. The summed E-state index contributed by atoms with van der Waals surface area (Å²) in [5.41, 5.74) is 1.90. The summed E-state index contributed by atoms with van der Waals surface area (Å²) < 4.78 is 0. The smallest absolute Gasteiger partial charge is 0.150 e. The molecule has 88 valence electrons. The van der Waals surface area contributed by atoms with Gasteiger partial charge in [0.2, 0.25) is 0 Å². The van der Waals surface area contributed by atoms with Crippen molar-refractivity contribution in [2.24, 2.45) is 0 Å². The van der Waals surface area contributed by atoms with Crippen molar-refractivity contribution in [1.82, 2.24) is 0 Å². The van der Waals surface area contributed by atoms with Crippen molar-refractivity contribution in [3.63, 3.8) is 0 Å². The molecule has 0 aliphatic rings. The van der Waals surface area contributed by atoms with Gasteiger partial charge in [0.1, 0.15) is 12.4 Å². The number of aldehydes is 1. The molecule has 4 heteroatoms. The molecule has 0 saturated carbocycles. The second-order valence-electron chi connectivity index (χ2n) is 3.72. The number of aryl methyl sites for hydroxylation is 1. The van der Waals surface area contributed by atoms with Gasteiger partial charge in [0.25, 0.3) is 0 Å². The third-order valence-corrected chi connectivity index (χ3v) is 2.75. The van der Waals surface area contributed by atoms with Crippen LogP contribution in [0.1, 0.15) is 34.0 Å². The summed E-state index contributed by atoms with van der Waals surface area (Å²) in [4.78, 5) is 10.6. The van der Waals surface area contributed by atoms with Gasteiger partial charge in [-0.1, -0.05) is 12.1 Å². The normalized spacial score (nSPS) is 14.5. The van der Waals surface area contributed by atoms with E-state index in [0.29, 0.717) is 23.8 Å². The van der Waals surface area contributed by atoms with Crippen molar-refractivity contribution in [2.45, 2.75) is 25.6 Å². The van der Waals surface area contributed by atoms with Crippen molar-refractivity contribution >= 4 is 17.9 Å². The Bertz CT molecular complexity index is 365. The van der Waals surface area contributed by atoms with Crippen LogP contribution in [0.5, 0.6) is 0 Å². The van der Waals surface area contributed by atoms with Crippen molar-refractivity contribution in [3.8, 4) is 0 Å². The molecule has 2 N–H and O–H groups in total. The number of benzene rings is 1. The molecule has 2 unspecified atom stereocenters. The molecule has 0 fully saturated rings. The topological polar surface area (TPSA) is 57.5 Å². The fraction of sp³-hybridized carbons (Fsp3) is 0.417. The lowest BCUT2D eigenvalue weighted by Crippen LogP contribution is -2.19. The van der Waals surface area contributed by atoms with Gasteiger partial charge in [-0.15, -0.1) is 11.6 Å². The zero-order valence-corrected chi connectivity index (χ0v) is 9.81. The fourth-order valence-electron chi connectivity index (χ4n) is 1.53. The van der Waals surface area contributed by atoms with Gasteiger partial charge >= 0.3 is 0 Å². The number of hydrogen-bond donors (Lipinski definition) is 2. The fourth-order valence-corrected chi connectivity index (χ4v) is 1.75. The first-order valence-electron chi connectivity index (χ1n) is 5.08. The highest BCUT2D eigenvalue weighted by molar-refractivity contribution is 6.17. The van der Waals surface area contributed by atoms with E-state index in [0.717, 1.165) is 5.56 Å². The van der Waals surface area contributed by atoms with Crippen molar-refractivity contribution in [1.29, 1.82) is 0 Å². The third-order valence-electron chi connectivity index (χ3n) is 2.53. The third kappa shape index (κ3) is 3.04. The average Bonchev–Trinajstić information content (AvgIpc) is 2.29. The van der Waals surface area contributed by atoms with Crippen LogP contribution in [0.15, 0.2) is 18.2 Å². The maximum absolute atomic E-state index is 10.6. The van der Waals surface area contributed by atoms with Gasteiger partial charge in [0.15, 0.2) is 0 Å². The van der Waals surface area contributed by atoms with Gasteiger partial charge in [0.05, 0.1) is 6.10 Å². The molecular formula is C12H15ClO3. The molecule has 16 heavy (non-hydrogen) atoms. The van der Waals surface area contributed by atoms with E-state index in [1.54, 1.807) is 18.2 Å². The quantitative estimate of drug-likeness (QED) is 0.612. The summed E-state index contributed by atoms with van der Waals surface area (Å²) in [6.45, 7) is 1.82. The number of aliphatic hydroxyl groups excluding tert-OH is 2. The molecule has 1 aromatic carbocycles. The predicted molar refractivity (Wildman–Crippen MR) is 62.9 cm³/mol. The minimum Gasteiger partial charge on any atom is -0.390 e. The Kier molecular flexibility index (Phi) is 4.93. The Balaban J connectivity index is 2.97. The molecule has 2 atom stereocenters. The van der Waals surface area contributed by atoms with Crippen molar-refractivity contribution in [3.05, 3.63) is 34.9 Å². The highest BCUT2D eigenvalue weighted by Crippen LogP contribution is 2.23. The van der Waals surface area contributed by atoms with Crippen LogP contribution in [-0.4, -0.2) is 28.5 Å². The highest BCUT2D eigenvalue weighted by atomic mass is 35.5. The largest absolute Gasteiger partial charge is 0.390 e. The number of halogens is 1. The van der Waals surface area contributed by atoms with Crippen LogP contribution in [0.25, 0.3) is 0 Å². The van der Waals surface area contributed by atoms with Crippen LogP contribution in [0.3, 0.4) is 0 Å². The molecule has 1 rings (SSSR count). The van der Waals surface area contributed by atoms with E-state index in [4.69, 9.17) is 11.6 Å². The molecule has 0 bridgehead atoms. The molecule has 0 radical (unpaired) electrons. The van der Waals surface area contributed by atoms with E-state index < -0.39 is 12.2 Å². The van der Waals surface area contributed by atoms with E-state index in [2.05, 4.69) is 0 Å². The maximum atomic E-state index is 10.6. The minimum absolute atomic E-state index is 0.282. The lowest BCUT2D eigenvalue weighted by Gasteiger charge is -2.19. The summed E-state index contributed by atoms with van der Waals surface area (Å²) in [5, 5.41) is 19.5. The van der Waals surface area contributed by atoms with Gasteiger partial charge in [-0.25, -0.2) is 0 Å². The number of alkyl halides is 1. The molecule has 0 heterocycles. The van der Waals surface area contributed by atoms with Gasteiger partial charge in [-0.05, 0) is 30.5 Å². The van der Waals surface area contributed by atoms with E-state index >= 15 is 0 Å². The van der Waals surface area contributed by atoms with Gasteiger partial charge < -0.3 is 10.2 Å². The SMILES string of the molecule is Cc1ccc(C=O)cc1C(O)C(O)CCCl. The summed E-state index contributed by atoms with van der Waals surface area (Å²) in [6.07, 6.45) is -0.881. The molecule has 0 spiro atoms. The average molecular weight is 243 g/mol. The Morgan fingerprint density at radius 3 is 2.69 bits per heavy atom. The molecule has 0 amide bonds. The summed E-state index contributed by atoms with van der Waals surface area (Å²) in [5.74, 6) is 0.282. The summed E-state index contributed by atoms with van der Waals surface area (Å²) >= 11 is 5.50. The lowest BCUT2D eigenvalue weighted by molar-refractivity contribution is 0.0166. The first-order chi connectivity index (χ1) is 7.60. The van der Waals surface area contributed by atoms with Crippen LogP contribution >= 0.6 is 11.6 Å². The van der Waals surface area contributed by atoms with Gasteiger partial charge in [-0.3, -0.25) is 4.79 Å². The zero-order chi connectivity index (χ0) is 12.1. The lowest BCUT2D eigenvalue weighted by atomic mass is 9.96. The van der Waals surface area contributed by atoms with Crippen LogP contribution in [-0.2, 0) is 0 Å². The molecule has 1 aromatic rings. The van der Waals surface area contributed by atoms with E-state index in [1.165, 1.54) is 0 Å². The van der Waals surface area contributed by atoms with E-state index in [-0.39, 0.29) is 5.88 Å². The van der Waals surface area contributed by atoms with Crippen LogP contribution < -0.4 is 0 Å². The van der Waals surface area contributed by atoms with Crippen LogP contribution in [0.4, 0.5) is 0 Å². The Morgan fingerprint density at radius 1 is 1.44 bits per heavy atom. The summed E-state index contributed by atoms with van der Waals surface area (Å²) in [7, 11) is 0. The second-order valence-corrected chi connectivity index (χ2v) is 4.10. The minimum atomic E-state index is -1.00. The van der Waals surface area contributed by atoms with E-state index in [1.807, 2.05) is 6.92 Å². The number of carbonyl (C=O) groups excluding carboxylic acids is 1.